The van der Waals surface area contributed by atoms with Gasteiger partial charge in [-0.3, -0.25) is 4.79 Å². The highest BCUT2D eigenvalue weighted by Crippen LogP contribution is 2.16. The van der Waals surface area contributed by atoms with Gasteiger partial charge >= 0.3 is 0 Å². The minimum absolute atomic E-state index is 0.121. The molecular weight excluding hydrogens is 343 g/mol. The summed E-state index contributed by atoms with van der Waals surface area (Å²) in [7, 11) is 1.90. The Kier molecular flexibility index (Phi) is 3.85. The van der Waals surface area contributed by atoms with E-state index in [1.807, 2.05) is 58.8 Å². The number of nitrogens with one attached hydrogen (secondary N) is 1. The Bertz CT molecular complexity index is 594. The zero-order valence-electron chi connectivity index (χ0n) is 9.85. The van der Waals surface area contributed by atoms with Gasteiger partial charge in [-0.15, -0.1) is 0 Å². The van der Waals surface area contributed by atoms with Crippen LogP contribution in [0.3, 0.4) is 0 Å². The first-order valence-corrected chi connectivity index (χ1v) is 6.44. The molecule has 1 aromatic heterocycles. The van der Waals surface area contributed by atoms with Crippen molar-refractivity contribution in [3.05, 3.63) is 50.1 Å². The van der Waals surface area contributed by atoms with Crippen LogP contribution in [0.5, 0.6) is 0 Å². The van der Waals surface area contributed by atoms with Crippen LogP contribution in [-0.4, -0.2) is 17.0 Å². The first-order valence-electron chi connectivity index (χ1n) is 5.36. The van der Waals surface area contributed by atoms with Crippen molar-refractivity contribution < 1.29 is 0 Å². The lowest BCUT2D eigenvalue weighted by molar-refractivity contribution is 0.880. The fourth-order valence-electron chi connectivity index (χ4n) is 1.61. The third-order valence-corrected chi connectivity index (χ3v) is 3.51. The van der Waals surface area contributed by atoms with Gasteiger partial charge in [0.1, 0.15) is 9.39 Å². The molecule has 2 rings (SSSR count). The first-order chi connectivity index (χ1) is 8.58. The molecule has 5 nitrogen and oxygen atoms in total. The van der Waals surface area contributed by atoms with Crippen molar-refractivity contribution in [2.75, 3.05) is 17.7 Å². The van der Waals surface area contributed by atoms with E-state index in [1.54, 1.807) is 0 Å². The van der Waals surface area contributed by atoms with Crippen LogP contribution in [0.4, 0.5) is 11.5 Å². The molecule has 0 amide bonds. The van der Waals surface area contributed by atoms with Gasteiger partial charge in [0.2, 0.25) is 0 Å². The average Bonchev–Trinajstić information content (AvgIpc) is 2.35. The largest absolute Gasteiger partial charge is 0.399 e. The molecule has 0 unspecified atom stereocenters. The number of aromatic nitrogens is 2. The zero-order valence-corrected chi connectivity index (χ0v) is 12.0. The molecule has 0 atom stereocenters. The van der Waals surface area contributed by atoms with E-state index in [0.717, 1.165) is 11.3 Å². The molecule has 3 N–H and O–H groups in total. The van der Waals surface area contributed by atoms with Crippen LogP contribution < -0.4 is 16.2 Å². The zero-order chi connectivity index (χ0) is 13.1. The summed E-state index contributed by atoms with van der Waals surface area (Å²) in [5.74, 6) is 0.677. The second kappa shape index (κ2) is 5.38. The standard InChI is InChI=1S/C12H13IN4O/c1-17(6-8-2-4-9(14)5-3-8)11-10(13)12(18)16-7-15-11/h2-5,7H,6,14H2,1H3,(H,15,16,18). The first kappa shape index (κ1) is 12.9. The number of aromatic amines is 1. The van der Waals surface area contributed by atoms with Gasteiger partial charge < -0.3 is 15.6 Å². The van der Waals surface area contributed by atoms with Crippen LogP contribution in [0.1, 0.15) is 5.56 Å². The summed E-state index contributed by atoms with van der Waals surface area (Å²) < 4.78 is 0.591. The molecule has 1 aromatic carbocycles. The van der Waals surface area contributed by atoms with Gasteiger partial charge in [-0.2, -0.15) is 0 Å². The number of nitrogens with two attached hydrogens (primary N) is 1. The quantitative estimate of drug-likeness (QED) is 0.647. The van der Waals surface area contributed by atoms with E-state index in [9.17, 15) is 4.79 Å². The Morgan fingerprint density at radius 2 is 2.06 bits per heavy atom. The summed E-state index contributed by atoms with van der Waals surface area (Å²) in [6.45, 7) is 0.673. The maximum Gasteiger partial charge on any atom is 0.266 e. The Hall–Kier alpha value is -1.57. The molecule has 0 radical (unpaired) electrons. The fraction of sp³-hybridized carbons (Fsp3) is 0.167. The monoisotopic (exact) mass is 356 g/mol. The summed E-state index contributed by atoms with van der Waals surface area (Å²) in [4.78, 5) is 20.2. The van der Waals surface area contributed by atoms with Gasteiger partial charge in [0, 0.05) is 19.3 Å². The van der Waals surface area contributed by atoms with Crippen molar-refractivity contribution in [1.29, 1.82) is 0 Å². The number of H-pyrrole nitrogens is 1. The van der Waals surface area contributed by atoms with Crippen molar-refractivity contribution in [2.45, 2.75) is 6.54 Å². The molecule has 0 aliphatic carbocycles. The van der Waals surface area contributed by atoms with Gasteiger partial charge in [-0.05, 0) is 40.3 Å². The minimum atomic E-state index is -0.121. The summed E-state index contributed by atoms with van der Waals surface area (Å²) in [5, 5.41) is 0. The van der Waals surface area contributed by atoms with E-state index < -0.39 is 0 Å². The van der Waals surface area contributed by atoms with E-state index in [1.165, 1.54) is 6.33 Å². The maximum absolute atomic E-state index is 11.5. The number of rotatable bonds is 3. The van der Waals surface area contributed by atoms with E-state index >= 15 is 0 Å². The van der Waals surface area contributed by atoms with E-state index in [2.05, 4.69) is 9.97 Å². The molecule has 0 saturated heterocycles. The predicted molar refractivity (Wildman–Crippen MR) is 80.5 cm³/mol. The number of benzene rings is 1. The molecule has 0 aliphatic rings. The maximum atomic E-state index is 11.5. The summed E-state index contributed by atoms with van der Waals surface area (Å²) in [6, 6.07) is 7.65. The number of hydrogen-bond donors (Lipinski definition) is 2. The van der Waals surface area contributed by atoms with Crippen molar-refractivity contribution in [1.82, 2.24) is 9.97 Å². The van der Waals surface area contributed by atoms with Gasteiger partial charge in [0.05, 0.1) is 6.33 Å². The second-order valence-electron chi connectivity index (χ2n) is 3.97. The van der Waals surface area contributed by atoms with Crippen LogP contribution in [-0.2, 0) is 6.54 Å². The van der Waals surface area contributed by atoms with Crippen molar-refractivity contribution in [2.24, 2.45) is 0 Å². The molecule has 94 valence electrons. The minimum Gasteiger partial charge on any atom is -0.399 e. The van der Waals surface area contributed by atoms with E-state index in [-0.39, 0.29) is 5.56 Å². The molecule has 0 spiro atoms. The highest BCUT2D eigenvalue weighted by atomic mass is 127. The Balaban J connectivity index is 2.22. The van der Waals surface area contributed by atoms with Crippen molar-refractivity contribution >= 4 is 34.1 Å². The molecule has 0 fully saturated rings. The van der Waals surface area contributed by atoms with E-state index in [4.69, 9.17) is 5.73 Å². The van der Waals surface area contributed by atoms with Crippen LogP contribution >= 0.6 is 22.6 Å². The average molecular weight is 356 g/mol. The smallest absolute Gasteiger partial charge is 0.266 e. The third kappa shape index (κ3) is 2.81. The highest BCUT2D eigenvalue weighted by Gasteiger charge is 2.10. The summed E-state index contributed by atoms with van der Waals surface area (Å²) >= 11 is 2.00. The lowest BCUT2D eigenvalue weighted by atomic mass is 10.2. The van der Waals surface area contributed by atoms with Crippen molar-refractivity contribution in [3.63, 3.8) is 0 Å². The molecule has 2 aromatic rings. The van der Waals surface area contributed by atoms with E-state index in [0.29, 0.717) is 15.9 Å². The molecular formula is C12H13IN4O. The van der Waals surface area contributed by atoms with Gasteiger partial charge in [-0.1, -0.05) is 12.1 Å². The molecule has 6 heteroatoms. The van der Waals surface area contributed by atoms with Crippen LogP contribution in [0.2, 0.25) is 0 Å². The Labute approximate surface area is 118 Å². The predicted octanol–water partition coefficient (Wildman–Crippen LogP) is 1.59. The lowest BCUT2D eigenvalue weighted by Gasteiger charge is -2.18. The Morgan fingerprint density at radius 1 is 1.39 bits per heavy atom. The van der Waals surface area contributed by atoms with Gasteiger partial charge in [0.15, 0.2) is 0 Å². The molecule has 0 saturated carbocycles. The van der Waals surface area contributed by atoms with Crippen LogP contribution in [0.15, 0.2) is 35.4 Å². The molecule has 0 aliphatic heterocycles. The SMILES string of the molecule is CN(Cc1ccc(N)cc1)c1nc[nH]c(=O)c1I. The topological polar surface area (TPSA) is 75.0 Å². The normalized spacial score (nSPS) is 10.3. The number of halogens is 1. The number of nitrogen functional groups attached to an aromatic ring is 1. The van der Waals surface area contributed by atoms with Crippen LogP contribution in [0, 0.1) is 3.57 Å². The number of hydrogen-bond acceptors (Lipinski definition) is 4. The second-order valence-corrected chi connectivity index (χ2v) is 5.05. The summed E-state index contributed by atoms with van der Waals surface area (Å²) in [5.41, 5.74) is 7.38. The molecule has 18 heavy (non-hydrogen) atoms. The highest BCUT2D eigenvalue weighted by molar-refractivity contribution is 14.1. The van der Waals surface area contributed by atoms with Gasteiger partial charge in [0.25, 0.3) is 5.56 Å². The molecule has 1 heterocycles. The number of anilines is 2. The summed E-state index contributed by atoms with van der Waals surface area (Å²) in [6.07, 6.45) is 1.42. The third-order valence-electron chi connectivity index (χ3n) is 2.54. The Morgan fingerprint density at radius 3 is 2.72 bits per heavy atom. The number of nitrogens with zero attached hydrogens (tertiary/aromatic N) is 2. The van der Waals surface area contributed by atoms with Crippen molar-refractivity contribution in [3.8, 4) is 0 Å². The molecule has 0 bridgehead atoms. The lowest BCUT2D eigenvalue weighted by Crippen LogP contribution is -2.23. The van der Waals surface area contributed by atoms with Gasteiger partial charge in [-0.25, -0.2) is 4.98 Å². The van der Waals surface area contributed by atoms with Crippen LogP contribution in [0.25, 0.3) is 0 Å². The fourth-order valence-corrected chi connectivity index (χ4v) is 2.32.